The average Bonchev–Trinajstić information content (AvgIpc) is 2.86. The molecular formula is C27H23ClN2O5. The molecule has 1 fully saturated rings. The Labute approximate surface area is 207 Å². The molecule has 178 valence electrons. The van der Waals surface area contributed by atoms with Crippen LogP contribution in [0.25, 0.3) is 6.08 Å². The lowest BCUT2D eigenvalue weighted by Crippen LogP contribution is -2.54. The molecule has 1 saturated heterocycles. The van der Waals surface area contributed by atoms with Crippen LogP contribution in [-0.2, 0) is 16.2 Å². The lowest BCUT2D eigenvalue weighted by atomic mass is 10.1. The third-order valence-corrected chi connectivity index (χ3v) is 5.45. The van der Waals surface area contributed by atoms with E-state index < -0.39 is 17.8 Å². The molecule has 0 bridgehead atoms. The molecule has 3 aromatic carbocycles. The van der Waals surface area contributed by atoms with Crippen molar-refractivity contribution in [2.45, 2.75) is 20.0 Å². The summed E-state index contributed by atoms with van der Waals surface area (Å²) in [5.41, 5.74) is 1.57. The second-order valence-corrected chi connectivity index (χ2v) is 8.19. The van der Waals surface area contributed by atoms with Crippen molar-refractivity contribution in [3.8, 4) is 11.5 Å². The van der Waals surface area contributed by atoms with Gasteiger partial charge in [0.05, 0.1) is 12.3 Å². The van der Waals surface area contributed by atoms with Gasteiger partial charge in [0.25, 0.3) is 11.8 Å². The van der Waals surface area contributed by atoms with Crippen LogP contribution in [0.15, 0.2) is 78.4 Å². The maximum absolute atomic E-state index is 13.2. The summed E-state index contributed by atoms with van der Waals surface area (Å²) in [5, 5.41) is 2.86. The SMILES string of the molecule is CCCOc1ccc(N2C(=O)NC(=O)/C(=C/c3ccccc3OCc3ccc(Cl)cc3)C2=O)cc1. The molecule has 0 spiro atoms. The number of anilines is 1. The summed E-state index contributed by atoms with van der Waals surface area (Å²) in [6, 6.07) is 20.0. The van der Waals surface area contributed by atoms with Crippen molar-refractivity contribution < 1.29 is 23.9 Å². The van der Waals surface area contributed by atoms with E-state index in [0.29, 0.717) is 34.4 Å². The van der Waals surface area contributed by atoms with Gasteiger partial charge in [0.1, 0.15) is 23.7 Å². The molecule has 0 aliphatic carbocycles. The molecular weight excluding hydrogens is 468 g/mol. The molecule has 1 N–H and O–H groups in total. The summed E-state index contributed by atoms with van der Waals surface area (Å²) < 4.78 is 11.5. The van der Waals surface area contributed by atoms with Gasteiger partial charge in [-0.1, -0.05) is 48.9 Å². The van der Waals surface area contributed by atoms with Gasteiger partial charge in [0.15, 0.2) is 0 Å². The Balaban J connectivity index is 1.58. The minimum Gasteiger partial charge on any atom is -0.494 e. The van der Waals surface area contributed by atoms with Crippen LogP contribution in [0.4, 0.5) is 10.5 Å². The topological polar surface area (TPSA) is 84.9 Å². The zero-order valence-electron chi connectivity index (χ0n) is 19.0. The summed E-state index contributed by atoms with van der Waals surface area (Å²) >= 11 is 5.93. The number of rotatable bonds is 8. The zero-order valence-corrected chi connectivity index (χ0v) is 19.7. The number of hydrogen-bond acceptors (Lipinski definition) is 5. The number of ether oxygens (including phenoxy) is 2. The van der Waals surface area contributed by atoms with Gasteiger partial charge in [-0.15, -0.1) is 0 Å². The highest BCUT2D eigenvalue weighted by molar-refractivity contribution is 6.39. The summed E-state index contributed by atoms with van der Waals surface area (Å²) in [4.78, 5) is 39.2. The quantitative estimate of drug-likeness (QED) is 0.339. The Kier molecular flexibility index (Phi) is 7.48. The van der Waals surface area contributed by atoms with Gasteiger partial charge in [-0.2, -0.15) is 0 Å². The maximum Gasteiger partial charge on any atom is 0.335 e. The van der Waals surface area contributed by atoms with E-state index in [1.54, 1.807) is 60.7 Å². The standard InChI is InChI=1S/C27H23ClN2O5/c1-2-15-34-22-13-11-21(12-14-22)30-26(32)23(25(31)29-27(30)33)16-19-5-3-4-6-24(19)35-17-18-7-9-20(28)10-8-18/h3-14,16H,2,15,17H2,1H3,(H,29,31,33)/b23-16-. The van der Waals surface area contributed by atoms with Crippen molar-refractivity contribution in [2.24, 2.45) is 0 Å². The van der Waals surface area contributed by atoms with Crippen LogP contribution >= 0.6 is 11.6 Å². The highest BCUT2D eigenvalue weighted by atomic mass is 35.5. The number of amides is 4. The molecule has 1 heterocycles. The van der Waals surface area contributed by atoms with Gasteiger partial charge in [-0.05, 0) is 60.5 Å². The number of para-hydroxylation sites is 1. The molecule has 7 nitrogen and oxygen atoms in total. The summed E-state index contributed by atoms with van der Waals surface area (Å²) in [6.07, 6.45) is 2.28. The van der Waals surface area contributed by atoms with E-state index in [9.17, 15) is 14.4 Å². The molecule has 4 amide bonds. The predicted octanol–water partition coefficient (Wildman–Crippen LogP) is 5.37. The fourth-order valence-electron chi connectivity index (χ4n) is 3.43. The van der Waals surface area contributed by atoms with E-state index in [-0.39, 0.29) is 12.2 Å². The second-order valence-electron chi connectivity index (χ2n) is 7.75. The number of halogens is 1. The number of nitrogens with one attached hydrogen (secondary N) is 1. The summed E-state index contributed by atoms with van der Waals surface area (Å²) in [6.45, 7) is 2.83. The van der Waals surface area contributed by atoms with E-state index in [1.807, 2.05) is 19.1 Å². The van der Waals surface area contributed by atoms with E-state index in [1.165, 1.54) is 6.08 Å². The first kappa shape index (κ1) is 24.0. The molecule has 3 aromatic rings. The third kappa shape index (κ3) is 5.70. The summed E-state index contributed by atoms with van der Waals surface area (Å²) in [7, 11) is 0. The smallest absolute Gasteiger partial charge is 0.335 e. The highest BCUT2D eigenvalue weighted by Gasteiger charge is 2.37. The minimum absolute atomic E-state index is 0.182. The average molecular weight is 491 g/mol. The maximum atomic E-state index is 13.2. The Morgan fingerprint density at radius 3 is 2.34 bits per heavy atom. The number of imide groups is 2. The number of urea groups is 1. The summed E-state index contributed by atoms with van der Waals surface area (Å²) in [5.74, 6) is -0.393. The van der Waals surface area contributed by atoms with Crippen molar-refractivity contribution in [2.75, 3.05) is 11.5 Å². The molecule has 0 radical (unpaired) electrons. The van der Waals surface area contributed by atoms with Gasteiger partial charge < -0.3 is 9.47 Å². The largest absolute Gasteiger partial charge is 0.494 e. The number of carbonyl (C=O) groups excluding carboxylic acids is 3. The normalized spacial score (nSPS) is 14.7. The Morgan fingerprint density at radius 1 is 0.914 bits per heavy atom. The molecule has 0 unspecified atom stereocenters. The number of barbiturate groups is 1. The molecule has 0 atom stereocenters. The van der Waals surface area contributed by atoms with Crippen molar-refractivity contribution in [1.82, 2.24) is 5.32 Å². The van der Waals surface area contributed by atoms with E-state index in [0.717, 1.165) is 16.9 Å². The van der Waals surface area contributed by atoms with Crippen LogP contribution in [0.2, 0.25) is 5.02 Å². The van der Waals surface area contributed by atoms with Crippen LogP contribution in [0, 0.1) is 0 Å². The van der Waals surface area contributed by atoms with Crippen molar-refractivity contribution >= 4 is 41.2 Å². The van der Waals surface area contributed by atoms with Gasteiger partial charge in [-0.25, -0.2) is 9.69 Å². The molecule has 0 aromatic heterocycles. The number of benzene rings is 3. The second kappa shape index (κ2) is 10.9. The fourth-order valence-corrected chi connectivity index (χ4v) is 3.56. The van der Waals surface area contributed by atoms with Crippen molar-refractivity contribution in [1.29, 1.82) is 0 Å². The van der Waals surface area contributed by atoms with Gasteiger partial charge in [0, 0.05) is 10.6 Å². The first-order valence-electron chi connectivity index (χ1n) is 11.1. The lowest BCUT2D eigenvalue weighted by Gasteiger charge is -2.26. The van der Waals surface area contributed by atoms with Crippen molar-refractivity contribution in [3.05, 3.63) is 94.5 Å². The predicted molar refractivity (Wildman–Crippen MR) is 133 cm³/mol. The van der Waals surface area contributed by atoms with Crippen molar-refractivity contribution in [3.63, 3.8) is 0 Å². The van der Waals surface area contributed by atoms with Gasteiger partial charge in [0.2, 0.25) is 0 Å². The zero-order chi connectivity index (χ0) is 24.8. The van der Waals surface area contributed by atoms with Crippen LogP contribution in [0.5, 0.6) is 11.5 Å². The molecule has 1 aliphatic heterocycles. The molecule has 8 heteroatoms. The third-order valence-electron chi connectivity index (χ3n) is 5.20. The molecule has 4 rings (SSSR count). The van der Waals surface area contributed by atoms with Crippen LogP contribution < -0.4 is 19.7 Å². The van der Waals surface area contributed by atoms with E-state index in [4.69, 9.17) is 21.1 Å². The fraction of sp³-hybridized carbons (Fsp3) is 0.148. The van der Waals surface area contributed by atoms with Crippen LogP contribution in [0.3, 0.4) is 0 Å². The Morgan fingerprint density at radius 2 is 1.63 bits per heavy atom. The molecule has 0 saturated carbocycles. The minimum atomic E-state index is -0.813. The van der Waals surface area contributed by atoms with Crippen LogP contribution in [0.1, 0.15) is 24.5 Å². The monoisotopic (exact) mass is 490 g/mol. The Bertz CT molecular complexity index is 1270. The van der Waals surface area contributed by atoms with E-state index >= 15 is 0 Å². The first-order chi connectivity index (χ1) is 17.0. The number of carbonyl (C=O) groups is 3. The lowest BCUT2D eigenvalue weighted by molar-refractivity contribution is -0.122. The Hall–Kier alpha value is -4.10. The van der Waals surface area contributed by atoms with Crippen LogP contribution in [-0.4, -0.2) is 24.5 Å². The molecule has 35 heavy (non-hydrogen) atoms. The van der Waals surface area contributed by atoms with E-state index in [2.05, 4.69) is 5.32 Å². The first-order valence-corrected chi connectivity index (χ1v) is 11.4. The highest BCUT2D eigenvalue weighted by Crippen LogP contribution is 2.27. The molecule has 1 aliphatic rings. The van der Waals surface area contributed by atoms with Gasteiger partial charge >= 0.3 is 6.03 Å². The number of hydrogen-bond donors (Lipinski definition) is 1. The number of nitrogens with zero attached hydrogens (tertiary/aromatic N) is 1. The van der Waals surface area contributed by atoms with Gasteiger partial charge in [-0.3, -0.25) is 14.9 Å².